The molecule has 2 aromatic carbocycles. The van der Waals surface area contributed by atoms with Crippen molar-refractivity contribution in [3.8, 4) is 5.75 Å². The number of rotatable bonds is 5. The molecule has 6 nitrogen and oxygen atoms in total. The van der Waals surface area contributed by atoms with E-state index in [1.807, 2.05) is 32.0 Å². The average Bonchev–Trinajstić information content (AvgIpc) is 2.70. The SMILES string of the molecule is COc1ccc(S(=O)(=O)N2CCC[C@@H](C(=O)Nc3ccc(C)cc3C)C2)cc1. The molecule has 1 aliphatic heterocycles. The van der Waals surface area contributed by atoms with E-state index in [0.717, 1.165) is 16.8 Å². The van der Waals surface area contributed by atoms with Crippen molar-refractivity contribution in [3.63, 3.8) is 0 Å². The van der Waals surface area contributed by atoms with Gasteiger partial charge in [0.15, 0.2) is 0 Å². The Kier molecular flexibility index (Phi) is 6.05. The van der Waals surface area contributed by atoms with Crippen LogP contribution in [0.15, 0.2) is 47.4 Å². The van der Waals surface area contributed by atoms with Gasteiger partial charge in [0.2, 0.25) is 15.9 Å². The number of ether oxygens (including phenoxy) is 1. The molecule has 0 aliphatic carbocycles. The van der Waals surface area contributed by atoms with Gasteiger partial charge in [0.1, 0.15) is 5.75 Å². The van der Waals surface area contributed by atoms with E-state index in [-0.39, 0.29) is 23.3 Å². The highest BCUT2D eigenvalue weighted by Crippen LogP contribution is 2.26. The maximum absolute atomic E-state index is 13.0. The third-order valence-electron chi connectivity index (χ3n) is 5.09. The third kappa shape index (κ3) is 4.36. The van der Waals surface area contributed by atoms with E-state index in [0.29, 0.717) is 25.1 Å². The second kappa shape index (κ2) is 8.32. The number of hydrogen-bond donors (Lipinski definition) is 1. The van der Waals surface area contributed by atoms with Gasteiger partial charge >= 0.3 is 0 Å². The number of carbonyl (C=O) groups excluding carboxylic acids is 1. The molecule has 0 aromatic heterocycles. The fourth-order valence-corrected chi connectivity index (χ4v) is 4.98. The van der Waals surface area contributed by atoms with Crippen molar-refractivity contribution in [1.29, 1.82) is 0 Å². The Morgan fingerprint density at radius 1 is 1.14 bits per heavy atom. The minimum Gasteiger partial charge on any atom is -0.497 e. The fourth-order valence-electron chi connectivity index (χ4n) is 3.46. The standard InChI is InChI=1S/C21H26N2O4S/c1-15-6-11-20(16(2)13-15)22-21(24)17-5-4-12-23(14-17)28(25,26)19-9-7-18(27-3)8-10-19/h6-11,13,17H,4-5,12,14H2,1-3H3,(H,22,24)/t17-/m1/s1. The summed E-state index contributed by atoms with van der Waals surface area (Å²) in [5.74, 6) is 0.0902. The Balaban J connectivity index is 1.72. The predicted octanol–water partition coefficient (Wildman–Crippen LogP) is 3.35. The number of hydrogen-bond acceptors (Lipinski definition) is 4. The number of aryl methyl sites for hydroxylation is 2. The summed E-state index contributed by atoms with van der Waals surface area (Å²) in [5, 5.41) is 2.96. The van der Waals surface area contributed by atoms with Crippen LogP contribution in [0.25, 0.3) is 0 Å². The van der Waals surface area contributed by atoms with Gasteiger partial charge < -0.3 is 10.1 Å². The van der Waals surface area contributed by atoms with Gasteiger partial charge in [-0.15, -0.1) is 0 Å². The molecule has 1 fully saturated rings. The van der Waals surface area contributed by atoms with Gasteiger partial charge in [-0.3, -0.25) is 4.79 Å². The highest BCUT2D eigenvalue weighted by Gasteiger charge is 2.33. The molecule has 1 heterocycles. The Morgan fingerprint density at radius 3 is 2.50 bits per heavy atom. The molecule has 1 saturated heterocycles. The number of carbonyl (C=O) groups is 1. The third-order valence-corrected chi connectivity index (χ3v) is 6.97. The van der Waals surface area contributed by atoms with Gasteiger partial charge in [0.05, 0.1) is 17.9 Å². The summed E-state index contributed by atoms with van der Waals surface area (Å²) in [6.07, 6.45) is 1.33. The van der Waals surface area contributed by atoms with Crippen molar-refractivity contribution in [2.75, 3.05) is 25.5 Å². The highest BCUT2D eigenvalue weighted by molar-refractivity contribution is 7.89. The van der Waals surface area contributed by atoms with Crippen molar-refractivity contribution in [2.24, 2.45) is 5.92 Å². The molecule has 0 bridgehead atoms. The van der Waals surface area contributed by atoms with Crippen LogP contribution < -0.4 is 10.1 Å². The van der Waals surface area contributed by atoms with E-state index in [9.17, 15) is 13.2 Å². The van der Waals surface area contributed by atoms with E-state index in [1.54, 1.807) is 12.1 Å². The summed E-state index contributed by atoms with van der Waals surface area (Å²) >= 11 is 0. The Morgan fingerprint density at radius 2 is 1.86 bits per heavy atom. The lowest BCUT2D eigenvalue weighted by molar-refractivity contribution is -0.120. The Hall–Kier alpha value is -2.38. The van der Waals surface area contributed by atoms with Crippen molar-refractivity contribution in [2.45, 2.75) is 31.6 Å². The van der Waals surface area contributed by atoms with Crippen molar-refractivity contribution in [3.05, 3.63) is 53.6 Å². The number of piperidine rings is 1. The first-order chi connectivity index (χ1) is 13.3. The van der Waals surface area contributed by atoms with Crippen LogP contribution in [-0.4, -0.2) is 38.8 Å². The summed E-state index contributed by atoms with van der Waals surface area (Å²) in [6, 6.07) is 12.2. The quantitative estimate of drug-likeness (QED) is 0.832. The maximum atomic E-state index is 13.0. The zero-order chi connectivity index (χ0) is 20.3. The lowest BCUT2D eigenvalue weighted by atomic mass is 9.98. The van der Waals surface area contributed by atoms with Gasteiger partial charge in [-0.1, -0.05) is 17.7 Å². The molecule has 1 atom stereocenters. The molecule has 2 aromatic rings. The first kappa shape index (κ1) is 20.4. The van der Waals surface area contributed by atoms with E-state index < -0.39 is 10.0 Å². The molecule has 3 rings (SSSR count). The Labute approximate surface area is 166 Å². The number of amides is 1. The normalized spacial score (nSPS) is 17.9. The van der Waals surface area contributed by atoms with Crippen LogP contribution in [0.4, 0.5) is 5.69 Å². The van der Waals surface area contributed by atoms with Crippen molar-refractivity contribution in [1.82, 2.24) is 4.31 Å². The molecule has 150 valence electrons. The number of nitrogens with zero attached hydrogens (tertiary/aromatic N) is 1. The predicted molar refractivity (Wildman–Crippen MR) is 109 cm³/mol. The smallest absolute Gasteiger partial charge is 0.243 e. The average molecular weight is 403 g/mol. The minimum absolute atomic E-state index is 0.137. The van der Waals surface area contributed by atoms with Gasteiger partial charge in [0.25, 0.3) is 0 Å². The number of nitrogens with one attached hydrogen (secondary N) is 1. The topological polar surface area (TPSA) is 75.7 Å². The van der Waals surface area contributed by atoms with Crippen LogP contribution in [0, 0.1) is 19.8 Å². The number of benzene rings is 2. The monoisotopic (exact) mass is 402 g/mol. The van der Waals surface area contributed by atoms with E-state index in [2.05, 4.69) is 5.32 Å². The summed E-state index contributed by atoms with van der Waals surface area (Å²) in [6.45, 7) is 4.55. The summed E-state index contributed by atoms with van der Waals surface area (Å²) in [4.78, 5) is 13.0. The van der Waals surface area contributed by atoms with E-state index >= 15 is 0 Å². The van der Waals surface area contributed by atoms with Crippen LogP contribution in [0.1, 0.15) is 24.0 Å². The van der Waals surface area contributed by atoms with Crippen molar-refractivity contribution >= 4 is 21.6 Å². The van der Waals surface area contributed by atoms with Gasteiger partial charge in [-0.25, -0.2) is 8.42 Å². The molecule has 1 aliphatic rings. The molecule has 0 spiro atoms. The van der Waals surface area contributed by atoms with E-state index in [4.69, 9.17) is 4.74 Å². The zero-order valence-electron chi connectivity index (χ0n) is 16.4. The summed E-state index contributed by atoms with van der Waals surface area (Å²) in [5.41, 5.74) is 2.89. The van der Waals surface area contributed by atoms with Crippen LogP contribution in [0.5, 0.6) is 5.75 Å². The van der Waals surface area contributed by atoms with Crippen LogP contribution >= 0.6 is 0 Å². The maximum Gasteiger partial charge on any atom is 0.243 e. The van der Waals surface area contributed by atoms with Gasteiger partial charge in [-0.05, 0) is 62.6 Å². The van der Waals surface area contributed by atoms with Gasteiger partial charge in [0, 0.05) is 18.8 Å². The second-order valence-electron chi connectivity index (χ2n) is 7.19. The number of anilines is 1. The van der Waals surface area contributed by atoms with Crippen LogP contribution in [0.2, 0.25) is 0 Å². The van der Waals surface area contributed by atoms with Crippen LogP contribution in [-0.2, 0) is 14.8 Å². The second-order valence-corrected chi connectivity index (χ2v) is 9.12. The lowest BCUT2D eigenvalue weighted by Gasteiger charge is -2.31. The van der Waals surface area contributed by atoms with E-state index in [1.165, 1.54) is 23.5 Å². The molecule has 0 radical (unpaired) electrons. The summed E-state index contributed by atoms with van der Waals surface area (Å²) < 4.78 is 32.4. The van der Waals surface area contributed by atoms with Crippen molar-refractivity contribution < 1.29 is 17.9 Å². The molecule has 7 heteroatoms. The number of methoxy groups -OCH3 is 1. The zero-order valence-corrected chi connectivity index (χ0v) is 17.3. The molecule has 1 N–H and O–H groups in total. The van der Waals surface area contributed by atoms with Gasteiger partial charge in [-0.2, -0.15) is 4.31 Å². The molecule has 0 saturated carbocycles. The Bertz CT molecular complexity index is 955. The molecule has 0 unspecified atom stereocenters. The lowest BCUT2D eigenvalue weighted by Crippen LogP contribution is -2.43. The molecule has 1 amide bonds. The fraction of sp³-hybridized carbons (Fsp3) is 0.381. The molecule has 28 heavy (non-hydrogen) atoms. The highest BCUT2D eigenvalue weighted by atomic mass is 32.2. The minimum atomic E-state index is -3.64. The largest absolute Gasteiger partial charge is 0.497 e. The molecular formula is C21H26N2O4S. The number of sulfonamides is 1. The molecular weight excluding hydrogens is 376 g/mol. The summed E-state index contributed by atoms with van der Waals surface area (Å²) in [7, 11) is -2.11. The first-order valence-electron chi connectivity index (χ1n) is 9.33. The van der Waals surface area contributed by atoms with Crippen LogP contribution in [0.3, 0.4) is 0 Å². The first-order valence-corrected chi connectivity index (χ1v) is 10.8.